The predicted molar refractivity (Wildman–Crippen MR) is 76.3 cm³/mol. The van der Waals surface area contributed by atoms with Crippen molar-refractivity contribution in [3.05, 3.63) is 0 Å². The van der Waals surface area contributed by atoms with Gasteiger partial charge in [-0.15, -0.1) is 0 Å². The van der Waals surface area contributed by atoms with Crippen molar-refractivity contribution >= 4 is 0 Å². The number of unbranched alkanes of at least 4 members (excludes halogenated alkanes) is 1. The fraction of sp³-hybridized carbons (Fsp3) is 1.00. The second kappa shape index (κ2) is 8.10. The molecule has 2 nitrogen and oxygen atoms in total. The Kier molecular flexibility index (Phi) is 8.06. The highest BCUT2D eigenvalue weighted by Crippen LogP contribution is 2.22. The molecule has 2 heteroatoms. The minimum atomic E-state index is -0.198. The molecule has 0 aliphatic rings. The van der Waals surface area contributed by atoms with Crippen LogP contribution in [0.5, 0.6) is 0 Å². The normalized spacial score (nSPS) is 16.2. The number of aliphatic hydroxyl groups is 1. The molecule has 104 valence electrons. The molecule has 0 radical (unpaired) electrons. The van der Waals surface area contributed by atoms with Gasteiger partial charge < -0.3 is 10.0 Å². The quantitative estimate of drug-likeness (QED) is 0.703. The molecule has 0 aromatic carbocycles. The van der Waals surface area contributed by atoms with Gasteiger partial charge in [0.2, 0.25) is 0 Å². The second-order valence-electron chi connectivity index (χ2n) is 6.32. The SMILES string of the molecule is CCCCN(CCC(O)C(C)(C)C)C(C)CC. The lowest BCUT2D eigenvalue weighted by Crippen LogP contribution is -2.38. The average molecular weight is 243 g/mol. The van der Waals surface area contributed by atoms with Crippen molar-refractivity contribution in [3.63, 3.8) is 0 Å². The summed E-state index contributed by atoms with van der Waals surface area (Å²) in [6.07, 6.45) is 4.38. The summed E-state index contributed by atoms with van der Waals surface area (Å²) in [4.78, 5) is 2.53. The van der Waals surface area contributed by atoms with Crippen LogP contribution < -0.4 is 0 Å². The molecule has 0 aromatic heterocycles. The molecule has 0 saturated carbocycles. The standard InChI is InChI=1S/C15H33NO/c1-7-9-11-16(13(3)8-2)12-10-14(17)15(4,5)6/h13-14,17H,7-12H2,1-6H3. The predicted octanol–water partition coefficient (Wildman–Crippen LogP) is 3.68. The monoisotopic (exact) mass is 243 g/mol. The number of hydrogen-bond acceptors (Lipinski definition) is 2. The van der Waals surface area contributed by atoms with Crippen LogP contribution in [-0.4, -0.2) is 35.2 Å². The maximum atomic E-state index is 10.1. The summed E-state index contributed by atoms with van der Waals surface area (Å²) < 4.78 is 0. The van der Waals surface area contributed by atoms with Crippen LogP contribution in [-0.2, 0) is 0 Å². The zero-order valence-corrected chi connectivity index (χ0v) is 12.8. The first-order chi connectivity index (χ1) is 7.82. The van der Waals surface area contributed by atoms with Gasteiger partial charge in [0, 0.05) is 12.6 Å². The molecule has 0 bridgehead atoms. The highest BCUT2D eigenvalue weighted by molar-refractivity contribution is 4.75. The van der Waals surface area contributed by atoms with Gasteiger partial charge in [0.05, 0.1) is 6.10 Å². The summed E-state index contributed by atoms with van der Waals surface area (Å²) in [6.45, 7) is 15.3. The summed E-state index contributed by atoms with van der Waals surface area (Å²) in [6, 6.07) is 0.633. The van der Waals surface area contributed by atoms with E-state index in [0.29, 0.717) is 6.04 Å². The van der Waals surface area contributed by atoms with Crippen LogP contribution in [0.25, 0.3) is 0 Å². The molecule has 0 amide bonds. The molecule has 1 N–H and O–H groups in total. The molecule has 0 aliphatic heterocycles. The Morgan fingerprint density at radius 2 is 1.71 bits per heavy atom. The van der Waals surface area contributed by atoms with Crippen LogP contribution in [0.4, 0.5) is 0 Å². The molecule has 0 saturated heterocycles. The maximum absolute atomic E-state index is 10.1. The molecule has 0 rings (SSSR count). The first-order valence-corrected chi connectivity index (χ1v) is 7.25. The summed E-state index contributed by atoms with van der Waals surface area (Å²) in [5.74, 6) is 0. The van der Waals surface area contributed by atoms with Crippen molar-refractivity contribution < 1.29 is 5.11 Å². The van der Waals surface area contributed by atoms with E-state index >= 15 is 0 Å². The third-order valence-corrected chi connectivity index (χ3v) is 3.70. The van der Waals surface area contributed by atoms with Crippen LogP contribution in [0.2, 0.25) is 0 Å². The summed E-state index contributed by atoms with van der Waals surface area (Å²) in [7, 11) is 0. The second-order valence-corrected chi connectivity index (χ2v) is 6.32. The van der Waals surface area contributed by atoms with Gasteiger partial charge in [-0.3, -0.25) is 0 Å². The van der Waals surface area contributed by atoms with Crippen molar-refractivity contribution in [3.8, 4) is 0 Å². The lowest BCUT2D eigenvalue weighted by atomic mass is 9.87. The number of rotatable bonds is 8. The van der Waals surface area contributed by atoms with Gasteiger partial charge in [-0.25, -0.2) is 0 Å². The minimum absolute atomic E-state index is 0.00583. The number of hydrogen-bond donors (Lipinski definition) is 1. The molecular weight excluding hydrogens is 210 g/mol. The van der Waals surface area contributed by atoms with E-state index in [2.05, 4.69) is 46.4 Å². The zero-order valence-electron chi connectivity index (χ0n) is 12.8. The van der Waals surface area contributed by atoms with Crippen molar-refractivity contribution in [2.75, 3.05) is 13.1 Å². The van der Waals surface area contributed by atoms with Crippen molar-refractivity contribution in [1.82, 2.24) is 4.90 Å². The van der Waals surface area contributed by atoms with Crippen LogP contribution in [0.3, 0.4) is 0 Å². The first kappa shape index (κ1) is 16.9. The van der Waals surface area contributed by atoms with Crippen molar-refractivity contribution in [2.45, 2.75) is 79.4 Å². The highest BCUT2D eigenvalue weighted by Gasteiger charge is 2.23. The lowest BCUT2D eigenvalue weighted by molar-refractivity contribution is 0.0409. The van der Waals surface area contributed by atoms with E-state index in [4.69, 9.17) is 0 Å². The van der Waals surface area contributed by atoms with Crippen LogP contribution >= 0.6 is 0 Å². The van der Waals surface area contributed by atoms with Crippen molar-refractivity contribution in [2.24, 2.45) is 5.41 Å². The molecule has 0 aromatic rings. The van der Waals surface area contributed by atoms with Gasteiger partial charge in [0.15, 0.2) is 0 Å². The fourth-order valence-electron chi connectivity index (χ4n) is 1.89. The van der Waals surface area contributed by atoms with Gasteiger partial charge >= 0.3 is 0 Å². The van der Waals surface area contributed by atoms with Gasteiger partial charge in [-0.1, -0.05) is 41.0 Å². The Bertz CT molecular complexity index is 186. The first-order valence-electron chi connectivity index (χ1n) is 7.25. The van der Waals surface area contributed by atoms with E-state index in [9.17, 15) is 5.11 Å². The average Bonchev–Trinajstić information content (AvgIpc) is 2.26. The lowest BCUT2D eigenvalue weighted by Gasteiger charge is -2.32. The highest BCUT2D eigenvalue weighted by atomic mass is 16.3. The molecule has 17 heavy (non-hydrogen) atoms. The van der Waals surface area contributed by atoms with Crippen LogP contribution in [0.1, 0.15) is 67.2 Å². The summed E-state index contributed by atoms with van der Waals surface area (Å²) >= 11 is 0. The Balaban J connectivity index is 4.15. The molecule has 0 heterocycles. The van der Waals surface area contributed by atoms with Gasteiger partial charge in [0.1, 0.15) is 0 Å². The third-order valence-electron chi connectivity index (χ3n) is 3.70. The van der Waals surface area contributed by atoms with E-state index in [1.54, 1.807) is 0 Å². The molecular formula is C15H33NO. The molecule has 0 aliphatic carbocycles. The Labute approximate surface area is 108 Å². The summed E-state index contributed by atoms with van der Waals surface area (Å²) in [5.41, 5.74) is 0.00583. The summed E-state index contributed by atoms with van der Waals surface area (Å²) in [5, 5.41) is 10.1. The smallest absolute Gasteiger partial charge is 0.0600 e. The van der Waals surface area contributed by atoms with Crippen molar-refractivity contribution in [1.29, 1.82) is 0 Å². The largest absolute Gasteiger partial charge is 0.393 e. The van der Waals surface area contributed by atoms with Crippen LogP contribution in [0.15, 0.2) is 0 Å². The Morgan fingerprint density at radius 1 is 1.12 bits per heavy atom. The van der Waals surface area contributed by atoms with E-state index < -0.39 is 0 Å². The van der Waals surface area contributed by atoms with E-state index in [1.165, 1.54) is 25.8 Å². The topological polar surface area (TPSA) is 23.5 Å². The maximum Gasteiger partial charge on any atom is 0.0600 e. The van der Waals surface area contributed by atoms with Gasteiger partial charge in [-0.2, -0.15) is 0 Å². The van der Waals surface area contributed by atoms with E-state index in [-0.39, 0.29) is 11.5 Å². The molecule has 0 fully saturated rings. The molecule has 2 unspecified atom stereocenters. The third kappa shape index (κ3) is 7.05. The van der Waals surface area contributed by atoms with E-state index in [1.807, 2.05) is 0 Å². The Hall–Kier alpha value is -0.0800. The zero-order chi connectivity index (χ0) is 13.5. The molecule has 2 atom stereocenters. The van der Waals surface area contributed by atoms with Gasteiger partial charge in [-0.05, 0) is 38.1 Å². The fourth-order valence-corrected chi connectivity index (χ4v) is 1.89. The Morgan fingerprint density at radius 3 is 2.12 bits per heavy atom. The number of aliphatic hydroxyl groups excluding tert-OH is 1. The van der Waals surface area contributed by atoms with Gasteiger partial charge in [0.25, 0.3) is 0 Å². The minimum Gasteiger partial charge on any atom is -0.393 e. The van der Waals surface area contributed by atoms with E-state index in [0.717, 1.165) is 13.0 Å². The molecule has 0 spiro atoms. The number of nitrogens with zero attached hydrogens (tertiary/aromatic N) is 1. The van der Waals surface area contributed by atoms with Crippen LogP contribution in [0, 0.1) is 5.41 Å².